The monoisotopic (exact) mass is 322 g/mol. The van der Waals surface area contributed by atoms with Crippen molar-refractivity contribution in [3.63, 3.8) is 0 Å². The van der Waals surface area contributed by atoms with Crippen molar-refractivity contribution >= 4 is 38.9 Å². The minimum Gasteiger partial charge on any atom is -0.399 e. The number of fused-ring (bicyclic) bond motifs is 1. The van der Waals surface area contributed by atoms with Crippen molar-refractivity contribution in [3.8, 4) is 0 Å². The second-order valence-electron chi connectivity index (χ2n) is 4.48. The first-order valence-electron chi connectivity index (χ1n) is 5.71. The van der Waals surface area contributed by atoms with Crippen LogP contribution in [0, 0.1) is 0 Å². The van der Waals surface area contributed by atoms with E-state index >= 15 is 0 Å². The molecule has 0 aliphatic carbocycles. The summed E-state index contributed by atoms with van der Waals surface area (Å²) in [6.07, 6.45) is 0. The van der Waals surface area contributed by atoms with Crippen LogP contribution in [0.1, 0.15) is 11.1 Å². The highest BCUT2D eigenvalue weighted by atomic mass is 79.9. The van der Waals surface area contributed by atoms with E-state index in [4.69, 9.17) is 17.3 Å². The fraction of sp³-hybridized carbons (Fsp3) is 0.143. The molecule has 0 radical (unpaired) electrons. The molecular weight excluding hydrogens is 312 g/mol. The fourth-order valence-electron chi connectivity index (χ4n) is 2.28. The first-order valence-corrected chi connectivity index (χ1v) is 6.88. The highest BCUT2D eigenvalue weighted by molar-refractivity contribution is 9.10. The standard InChI is InChI=1S/C14H12BrClN2/c15-13-4-3-12(6-14(13)16)18-7-9-1-2-11(17)5-10(9)8-18/h1-6H,7-8,17H2. The first-order chi connectivity index (χ1) is 8.63. The summed E-state index contributed by atoms with van der Waals surface area (Å²) in [4.78, 5) is 2.29. The van der Waals surface area contributed by atoms with Crippen LogP contribution < -0.4 is 10.6 Å². The number of hydrogen-bond acceptors (Lipinski definition) is 2. The zero-order valence-corrected chi connectivity index (χ0v) is 12.0. The van der Waals surface area contributed by atoms with Crippen molar-refractivity contribution in [2.45, 2.75) is 13.1 Å². The van der Waals surface area contributed by atoms with Crippen LogP contribution in [0.2, 0.25) is 5.02 Å². The van der Waals surface area contributed by atoms with Gasteiger partial charge in [-0.2, -0.15) is 0 Å². The normalized spacial score (nSPS) is 13.8. The third-order valence-corrected chi connectivity index (χ3v) is 4.45. The number of rotatable bonds is 1. The summed E-state index contributed by atoms with van der Waals surface area (Å²) in [5.74, 6) is 0. The average molecular weight is 324 g/mol. The van der Waals surface area contributed by atoms with Crippen LogP contribution in [0.3, 0.4) is 0 Å². The Morgan fingerprint density at radius 1 is 1.06 bits per heavy atom. The predicted molar refractivity (Wildman–Crippen MR) is 79.9 cm³/mol. The molecule has 4 heteroatoms. The lowest BCUT2D eigenvalue weighted by Crippen LogP contribution is -2.14. The van der Waals surface area contributed by atoms with Gasteiger partial charge in [-0.3, -0.25) is 0 Å². The smallest absolute Gasteiger partial charge is 0.0568 e. The molecule has 0 unspecified atom stereocenters. The molecule has 0 aromatic heterocycles. The molecule has 2 N–H and O–H groups in total. The SMILES string of the molecule is Nc1ccc2c(c1)CN(c1ccc(Br)c(Cl)c1)C2. The number of nitrogens with two attached hydrogens (primary N) is 1. The Labute approximate surface area is 119 Å². The van der Waals surface area contributed by atoms with Gasteiger partial charge in [-0.15, -0.1) is 0 Å². The lowest BCUT2D eigenvalue weighted by Gasteiger charge is -2.18. The number of benzene rings is 2. The van der Waals surface area contributed by atoms with Gasteiger partial charge in [0.1, 0.15) is 0 Å². The third kappa shape index (κ3) is 2.08. The quantitative estimate of drug-likeness (QED) is 0.797. The van der Waals surface area contributed by atoms with Crippen LogP contribution in [-0.4, -0.2) is 0 Å². The van der Waals surface area contributed by atoms with Crippen LogP contribution in [0.15, 0.2) is 40.9 Å². The maximum atomic E-state index is 6.14. The molecule has 2 nitrogen and oxygen atoms in total. The summed E-state index contributed by atoms with van der Waals surface area (Å²) in [6.45, 7) is 1.80. The van der Waals surface area contributed by atoms with Crippen molar-refractivity contribution in [1.82, 2.24) is 0 Å². The molecule has 3 rings (SSSR count). The van der Waals surface area contributed by atoms with E-state index in [-0.39, 0.29) is 0 Å². The van der Waals surface area contributed by atoms with Crippen LogP contribution >= 0.6 is 27.5 Å². The molecule has 18 heavy (non-hydrogen) atoms. The second-order valence-corrected chi connectivity index (χ2v) is 5.74. The number of anilines is 2. The van der Waals surface area contributed by atoms with Crippen molar-refractivity contribution < 1.29 is 0 Å². The summed E-state index contributed by atoms with van der Waals surface area (Å²) in [7, 11) is 0. The van der Waals surface area contributed by atoms with Crippen LogP contribution in [0.25, 0.3) is 0 Å². The molecule has 1 heterocycles. The molecule has 2 aromatic carbocycles. The van der Waals surface area contributed by atoms with Crippen LogP contribution in [-0.2, 0) is 13.1 Å². The van der Waals surface area contributed by atoms with E-state index in [9.17, 15) is 0 Å². The van der Waals surface area contributed by atoms with Crippen molar-refractivity contribution in [1.29, 1.82) is 0 Å². The molecule has 0 fully saturated rings. The lowest BCUT2D eigenvalue weighted by atomic mass is 10.1. The molecule has 0 spiro atoms. The van der Waals surface area contributed by atoms with E-state index in [0.29, 0.717) is 0 Å². The zero-order valence-electron chi connectivity index (χ0n) is 9.66. The van der Waals surface area contributed by atoms with E-state index in [2.05, 4.69) is 39.0 Å². The molecule has 92 valence electrons. The highest BCUT2D eigenvalue weighted by Gasteiger charge is 2.19. The van der Waals surface area contributed by atoms with Gasteiger partial charge in [0.05, 0.1) is 5.02 Å². The molecular formula is C14H12BrClN2. The Morgan fingerprint density at radius 3 is 2.61 bits per heavy atom. The minimum absolute atomic E-state index is 0.739. The third-order valence-electron chi connectivity index (χ3n) is 3.22. The fourth-order valence-corrected chi connectivity index (χ4v) is 2.70. The van der Waals surface area contributed by atoms with E-state index in [1.54, 1.807) is 0 Å². The average Bonchev–Trinajstić information content (AvgIpc) is 2.75. The number of halogens is 2. The van der Waals surface area contributed by atoms with Gasteiger partial charge in [-0.1, -0.05) is 17.7 Å². The van der Waals surface area contributed by atoms with Crippen molar-refractivity contribution in [3.05, 3.63) is 57.0 Å². The van der Waals surface area contributed by atoms with Crippen LogP contribution in [0.5, 0.6) is 0 Å². The summed E-state index contributed by atoms with van der Waals surface area (Å²) in [6, 6.07) is 12.2. The maximum Gasteiger partial charge on any atom is 0.0568 e. The van der Waals surface area contributed by atoms with Gasteiger partial charge < -0.3 is 10.6 Å². The molecule has 0 saturated heterocycles. The number of hydrogen-bond donors (Lipinski definition) is 1. The summed E-state index contributed by atoms with van der Waals surface area (Å²) < 4.78 is 0.925. The maximum absolute atomic E-state index is 6.14. The largest absolute Gasteiger partial charge is 0.399 e. The van der Waals surface area contributed by atoms with Gasteiger partial charge in [0.2, 0.25) is 0 Å². The van der Waals surface area contributed by atoms with Crippen molar-refractivity contribution in [2.75, 3.05) is 10.6 Å². The second kappa shape index (κ2) is 4.48. The Morgan fingerprint density at radius 2 is 1.83 bits per heavy atom. The Kier molecular flexibility index (Phi) is 2.96. The van der Waals surface area contributed by atoms with Gasteiger partial charge in [-0.25, -0.2) is 0 Å². The predicted octanol–water partition coefficient (Wildman–Crippen LogP) is 4.20. The molecule has 1 aliphatic rings. The highest BCUT2D eigenvalue weighted by Crippen LogP contribution is 2.33. The molecule has 0 bridgehead atoms. The lowest BCUT2D eigenvalue weighted by molar-refractivity contribution is 0.880. The van der Waals surface area contributed by atoms with E-state index < -0.39 is 0 Å². The number of nitrogens with zero attached hydrogens (tertiary/aromatic N) is 1. The molecule has 0 atom stereocenters. The number of nitrogen functional groups attached to an aromatic ring is 1. The Bertz CT molecular complexity index is 613. The molecule has 1 aliphatic heterocycles. The van der Waals surface area contributed by atoms with E-state index in [1.165, 1.54) is 11.1 Å². The van der Waals surface area contributed by atoms with E-state index in [0.717, 1.165) is 34.0 Å². The van der Waals surface area contributed by atoms with E-state index in [1.807, 2.05) is 18.2 Å². The molecule has 2 aromatic rings. The van der Waals surface area contributed by atoms with Gasteiger partial charge in [0, 0.05) is 28.9 Å². The minimum atomic E-state index is 0.739. The summed E-state index contributed by atoms with van der Waals surface area (Å²) in [5, 5.41) is 0.739. The van der Waals surface area contributed by atoms with Gasteiger partial charge in [-0.05, 0) is 57.4 Å². The van der Waals surface area contributed by atoms with Gasteiger partial charge in [0.15, 0.2) is 0 Å². The molecule has 0 saturated carbocycles. The van der Waals surface area contributed by atoms with Crippen molar-refractivity contribution in [2.24, 2.45) is 0 Å². The van der Waals surface area contributed by atoms with Gasteiger partial charge >= 0.3 is 0 Å². The zero-order chi connectivity index (χ0) is 12.7. The first kappa shape index (κ1) is 11.9. The van der Waals surface area contributed by atoms with Gasteiger partial charge in [0.25, 0.3) is 0 Å². The topological polar surface area (TPSA) is 29.3 Å². The summed E-state index contributed by atoms with van der Waals surface area (Å²) >= 11 is 9.54. The summed E-state index contributed by atoms with van der Waals surface area (Å²) in [5.41, 5.74) is 10.4. The Balaban J connectivity index is 1.91. The molecule has 0 amide bonds. The van der Waals surface area contributed by atoms with Crippen LogP contribution in [0.4, 0.5) is 11.4 Å². The Hall–Kier alpha value is -1.19.